The molecule has 0 saturated carbocycles. The Morgan fingerprint density at radius 3 is 1.29 bits per heavy atom. The third-order valence-electron chi connectivity index (χ3n) is 0. The number of rotatable bonds is 0. The van der Waals surface area contributed by atoms with Gasteiger partial charge >= 0.3 is 69.3 Å². The van der Waals surface area contributed by atoms with E-state index in [1.54, 1.807) is 0 Å². The third-order valence-corrected chi connectivity index (χ3v) is 0. The van der Waals surface area contributed by atoms with Crippen LogP contribution in [0.3, 0.4) is 0 Å². The van der Waals surface area contributed by atoms with Gasteiger partial charge in [0.25, 0.3) is 0 Å². The van der Waals surface area contributed by atoms with Gasteiger partial charge in [-0.05, 0) is 0 Å². The van der Waals surface area contributed by atoms with Gasteiger partial charge in [-0.15, -0.1) is 0 Å². The second-order valence-electron chi connectivity index (χ2n) is 0.408. The molecule has 7 heteroatoms. The van der Waals surface area contributed by atoms with Gasteiger partial charge < -0.3 is 12.0 Å². The average molecular weight is 342 g/mol. The second kappa shape index (κ2) is 6.23. The van der Waals surface area contributed by atoms with Gasteiger partial charge in [-0.3, -0.25) is 8.42 Å². The molecular formula is H2BaO4PdS. The summed E-state index contributed by atoms with van der Waals surface area (Å²) in [5.41, 5.74) is 0. The van der Waals surface area contributed by atoms with E-state index in [0.29, 0.717) is 0 Å². The van der Waals surface area contributed by atoms with Gasteiger partial charge in [0.05, 0.1) is 0 Å². The molecule has 0 unspecified atom stereocenters. The van der Waals surface area contributed by atoms with Gasteiger partial charge in [0.2, 0.25) is 0 Å². The van der Waals surface area contributed by atoms with Gasteiger partial charge in [0.1, 0.15) is 0 Å². The predicted octanol–water partition coefficient (Wildman–Crippen LogP) is -1.50. The monoisotopic (exact) mass is 342 g/mol. The molecule has 0 bridgehead atoms. The van der Waals surface area contributed by atoms with Crippen LogP contribution >= 0.6 is 0 Å². The van der Waals surface area contributed by atoms with Crippen molar-refractivity contribution in [3.8, 4) is 0 Å². The van der Waals surface area contributed by atoms with Crippen molar-refractivity contribution in [2.24, 2.45) is 0 Å². The molecular weight excluding hydrogens is 340 g/mol. The van der Waals surface area contributed by atoms with Crippen LogP contribution in [0.4, 0.5) is 0 Å². The fourth-order valence-electron chi connectivity index (χ4n) is 0. The normalized spacial score (nSPS) is 8.29. The molecule has 0 aromatic heterocycles. The zero-order valence-corrected chi connectivity index (χ0v) is 9.88. The molecule has 7 heavy (non-hydrogen) atoms. The maximum absolute atomic E-state index is 8.52. The largest absolute Gasteiger partial charge is 2.00 e. The van der Waals surface area contributed by atoms with E-state index in [-0.39, 0.29) is 72.2 Å². The molecule has 0 aromatic carbocycles. The zero-order valence-electron chi connectivity index (χ0n) is 5.06. The molecule has 0 atom stereocenters. The molecule has 0 heterocycles. The number of hydrogen-bond donors (Lipinski definition) is 0. The molecule has 0 aromatic rings. The second-order valence-corrected chi connectivity index (χ2v) is 1.22. The maximum atomic E-state index is 8.52. The quantitative estimate of drug-likeness (QED) is 0.305. The van der Waals surface area contributed by atoms with Crippen LogP contribution in [0, 0.1) is 0 Å². The van der Waals surface area contributed by atoms with Crippen LogP contribution in [0.25, 0.3) is 0 Å². The van der Waals surface area contributed by atoms with E-state index in [1.807, 2.05) is 0 Å². The smallest absolute Gasteiger partial charge is 1.00 e. The zero-order chi connectivity index (χ0) is 4.50. The van der Waals surface area contributed by atoms with Crippen molar-refractivity contribution >= 4 is 59.3 Å². The summed E-state index contributed by atoms with van der Waals surface area (Å²) in [4.78, 5) is 0. The summed E-state index contributed by atoms with van der Waals surface area (Å²) in [6.07, 6.45) is 0. The Morgan fingerprint density at radius 2 is 1.29 bits per heavy atom. The van der Waals surface area contributed by atoms with Crippen LogP contribution in [0.1, 0.15) is 2.85 Å². The van der Waals surface area contributed by atoms with E-state index < -0.39 is 10.4 Å². The van der Waals surface area contributed by atoms with Crippen molar-refractivity contribution in [3.05, 3.63) is 0 Å². The number of hydrogen-bond acceptors (Lipinski definition) is 4. The van der Waals surface area contributed by atoms with Crippen molar-refractivity contribution in [2.75, 3.05) is 0 Å². The maximum Gasteiger partial charge on any atom is 2.00 e. The summed E-state index contributed by atoms with van der Waals surface area (Å²) >= 11 is 0. The SMILES string of the molecule is O=S(=O)([O-])[O-].[Ba+2].[H-].[H-].[Pd+2]. The van der Waals surface area contributed by atoms with E-state index in [2.05, 4.69) is 0 Å². The van der Waals surface area contributed by atoms with E-state index in [1.165, 1.54) is 0 Å². The molecule has 0 fully saturated rings. The van der Waals surface area contributed by atoms with Crippen LogP contribution in [0.2, 0.25) is 0 Å². The van der Waals surface area contributed by atoms with Gasteiger partial charge in [0.15, 0.2) is 0 Å². The molecule has 0 aliphatic rings. The van der Waals surface area contributed by atoms with E-state index >= 15 is 0 Å². The molecule has 0 radical (unpaired) electrons. The van der Waals surface area contributed by atoms with Crippen molar-refractivity contribution in [1.29, 1.82) is 0 Å². The molecule has 4 nitrogen and oxygen atoms in total. The van der Waals surface area contributed by atoms with Crippen LogP contribution in [0.15, 0.2) is 0 Å². The summed E-state index contributed by atoms with van der Waals surface area (Å²) in [5, 5.41) is 0. The molecule has 44 valence electrons. The summed E-state index contributed by atoms with van der Waals surface area (Å²) in [7, 11) is -5.17. The van der Waals surface area contributed by atoms with Gasteiger partial charge in [-0.2, -0.15) is 0 Å². The topological polar surface area (TPSA) is 80.3 Å². The summed E-state index contributed by atoms with van der Waals surface area (Å²) in [6, 6.07) is 0. The first-order valence-corrected chi connectivity index (χ1v) is 2.00. The van der Waals surface area contributed by atoms with Crippen molar-refractivity contribution < 1.29 is 40.8 Å². The van der Waals surface area contributed by atoms with E-state index in [9.17, 15) is 0 Å². The summed E-state index contributed by atoms with van der Waals surface area (Å²) in [6.45, 7) is 0. The molecule has 0 amide bonds. The fourth-order valence-corrected chi connectivity index (χ4v) is 0. The predicted molar refractivity (Wildman–Crippen MR) is 18.5 cm³/mol. The van der Waals surface area contributed by atoms with E-state index in [0.717, 1.165) is 0 Å². The minimum Gasteiger partial charge on any atom is -1.00 e. The Morgan fingerprint density at radius 1 is 1.29 bits per heavy atom. The van der Waals surface area contributed by atoms with Crippen molar-refractivity contribution in [2.45, 2.75) is 0 Å². The molecule has 0 aliphatic carbocycles. The van der Waals surface area contributed by atoms with Crippen LogP contribution in [0.5, 0.6) is 0 Å². The molecule has 0 aliphatic heterocycles. The van der Waals surface area contributed by atoms with E-state index in [4.69, 9.17) is 17.5 Å². The molecule has 0 spiro atoms. The minimum absolute atomic E-state index is 0. The first-order valence-electron chi connectivity index (χ1n) is 0.667. The Bertz CT molecular complexity index is 102. The average Bonchev–Trinajstić information content (AvgIpc) is 0.722. The Hall–Kier alpha value is 2.10. The minimum atomic E-state index is -5.17. The van der Waals surface area contributed by atoms with Crippen LogP contribution in [-0.4, -0.2) is 66.4 Å². The first-order chi connectivity index (χ1) is 2.00. The fraction of sp³-hybridized carbons (Fsp3) is 0. The molecule has 0 rings (SSSR count). The molecule has 0 saturated heterocycles. The summed E-state index contributed by atoms with van der Waals surface area (Å²) in [5.74, 6) is 0. The standard InChI is InChI=1S/Ba.H2O4S.Pd.2H/c;1-5(2,3)4;;;/h;(H2,1,2,3,4);;;/q+2;;+2;2*-1/p-2. The Kier molecular flexibility index (Phi) is 14.3. The third kappa shape index (κ3) is 68.2. The van der Waals surface area contributed by atoms with Crippen molar-refractivity contribution in [1.82, 2.24) is 0 Å². The van der Waals surface area contributed by atoms with Gasteiger partial charge in [-0.1, -0.05) is 0 Å². The Balaban J connectivity index is -0.0000000133. The van der Waals surface area contributed by atoms with Crippen LogP contribution < -0.4 is 0 Å². The summed E-state index contributed by atoms with van der Waals surface area (Å²) < 4.78 is 34.1. The van der Waals surface area contributed by atoms with Crippen molar-refractivity contribution in [3.63, 3.8) is 0 Å². The van der Waals surface area contributed by atoms with Gasteiger partial charge in [0, 0.05) is 10.4 Å². The van der Waals surface area contributed by atoms with Gasteiger partial charge in [-0.25, -0.2) is 0 Å². The Labute approximate surface area is 98.3 Å². The molecule has 0 N–H and O–H groups in total. The van der Waals surface area contributed by atoms with Crippen LogP contribution in [-0.2, 0) is 30.8 Å². The first kappa shape index (κ1) is 16.0.